The molecule has 0 unspecified atom stereocenters. The van der Waals surface area contributed by atoms with Gasteiger partial charge in [-0.25, -0.2) is 8.42 Å². The highest BCUT2D eigenvalue weighted by Gasteiger charge is 2.33. The molecule has 7 heteroatoms. The summed E-state index contributed by atoms with van der Waals surface area (Å²) < 4.78 is 24.1. The summed E-state index contributed by atoms with van der Waals surface area (Å²) >= 11 is 0. The molecule has 0 heterocycles. The summed E-state index contributed by atoms with van der Waals surface area (Å²) in [7, 11) is -3.33. The number of carbonyl (C=O) groups excluding carboxylic acids is 1. The minimum atomic E-state index is -3.33. The van der Waals surface area contributed by atoms with E-state index in [9.17, 15) is 18.0 Å². The Kier molecular flexibility index (Phi) is 5.09. The van der Waals surface area contributed by atoms with Crippen LogP contribution < -0.4 is 0 Å². The van der Waals surface area contributed by atoms with Gasteiger partial charge in [-0.2, -0.15) is 0 Å². The van der Waals surface area contributed by atoms with Crippen molar-refractivity contribution in [3.63, 3.8) is 0 Å². The normalized spacial score (nSPS) is 14.7. The SMILES string of the molecule is CC(C)S(=O)(=O)c1ccc(CC(=O)N(CC(=O)O)C2CC2)cc1. The number of benzene rings is 1. The van der Waals surface area contributed by atoms with Crippen molar-refractivity contribution in [2.24, 2.45) is 0 Å². The Bertz CT molecular complexity index is 690. The lowest BCUT2D eigenvalue weighted by atomic mass is 10.1. The van der Waals surface area contributed by atoms with Gasteiger partial charge in [0.25, 0.3) is 0 Å². The predicted octanol–water partition coefficient (Wildman–Crippen LogP) is 1.49. The van der Waals surface area contributed by atoms with Crippen molar-refractivity contribution in [1.29, 1.82) is 0 Å². The van der Waals surface area contributed by atoms with Crippen LogP contribution in [0.5, 0.6) is 0 Å². The lowest BCUT2D eigenvalue weighted by molar-refractivity contribution is -0.144. The van der Waals surface area contributed by atoms with Crippen molar-refractivity contribution >= 4 is 21.7 Å². The second kappa shape index (κ2) is 6.70. The van der Waals surface area contributed by atoms with E-state index in [1.54, 1.807) is 26.0 Å². The van der Waals surface area contributed by atoms with Gasteiger partial charge in [0.1, 0.15) is 6.54 Å². The maximum absolute atomic E-state index is 12.3. The van der Waals surface area contributed by atoms with E-state index in [0.717, 1.165) is 12.8 Å². The van der Waals surface area contributed by atoms with Crippen molar-refractivity contribution in [2.45, 2.75) is 49.3 Å². The minimum absolute atomic E-state index is 0.0270. The molecule has 6 nitrogen and oxygen atoms in total. The average Bonchev–Trinajstić information content (AvgIpc) is 3.29. The third kappa shape index (κ3) is 4.31. The van der Waals surface area contributed by atoms with Crippen LogP contribution in [-0.4, -0.2) is 48.1 Å². The molecule has 0 aliphatic heterocycles. The van der Waals surface area contributed by atoms with E-state index in [-0.39, 0.29) is 29.8 Å². The lowest BCUT2D eigenvalue weighted by Gasteiger charge is -2.20. The van der Waals surface area contributed by atoms with E-state index in [2.05, 4.69) is 0 Å². The van der Waals surface area contributed by atoms with Gasteiger partial charge in [-0.05, 0) is 44.4 Å². The summed E-state index contributed by atoms with van der Waals surface area (Å²) in [6, 6.07) is 6.24. The zero-order valence-corrected chi connectivity index (χ0v) is 14.0. The first kappa shape index (κ1) is 17.5. The summed E-state index contributed by atoms with van der Waals surface area (Å²) in [4.78, 5) is 24.7. The number of rotatable bonds is 7. The van der Waals surface area contributed by atoms with Crippen molar-refractivity contribution in [2.75, 3.05) is 6.54 Å². The number of carboxylic acid groups (broad SMARTS) is 1. The van der Waals surface area contributed by atoms with Gasteiger partial charge in [-0.1, -0.05) is 12.1 Å². The van der Waals surface area contributed by atoms with Crippen LogP contribution in [0, 0.1) is 0 Å². The van der Waals surface area contributed by atoms with Gasteiger partial charge >= 0.3 is 5.97 Å². The highest BCUT2D eigenvalue weighted by Crippen LogP contribution is 2.27. The second-order valence-electron chi connectivity index (χ2n) is 6.06. The summed E-state index contributed by atoms with van der Waals surface area (Å²) in [5, 5.41) is 8.39. The van der Waals surface area contributed by atoms with Crippen LogP contribution in [0.2, 0.25) is 0 Å². The van der Waals surface area contributed by atoms with Crippen LogP contribution in [0.3, 0.4) is 0 Å². The van der Waals surface area contributed by atoms with Crippen LogP contribution in [-0.2, 0) is 25.8 Å². The predicted molar refractivity (Wildman–Crippen MR) is 84.8 cm³/mol. The number of hydrogen-bond donors (Lipinski definition) is 1. The maximum Gasteiger partial charge on any atom is 0.323 e. The average molecular weight is 339 g/mol. The van der Waals surface area contributed by atoms with Crippen LogP contribution in [0.1, 0.15) is 32.3 Å². The number of carboxylic acids is 1. The van der Waals surface area contributed by atoms with Gasteiger partial charge in [-0.15, -0.1) is 0 Å². The Balaban J connectivity index is 2.08. The molecule has 0 aromatic heterocycles. The van der Waals surface area contributed by atoms with Crippen LogP contribution in [0.4, 0.5) is 0 Å². The highest BCUT2D eigenvalue weighted by atomic mass is 32.2. The van der Waals surface area contributed by atoms with Crippen molar-refractivity contribution in [1.82, 2.24) is 4.90 Å². The van der Waals surface area contributed by atoms with E-state index in [1.807, 2.05) is 0 Å². The zero-order valence-electron chi connectivity index (χ0n) is 13.2. The quantitative estimate of drug-likeness (QED) is 0.812. The number of nitrogens with zero attached hydrogens (tertiary/aromatic N) is 1. The molecule has 0 spiro atoms. The highest BCUT2D eigenvalue weighted by molar-refractivity contribution is 7.92. The minimum Gasteiger partial charge on any atom is -0.480 e. The number of sulfone groups is 1. The number of hydrogen-bond acceptors (Lipinski definition) is 4. The Labute approximate surface area is 136 Å². The Morgan fingerprint density at radius 3 is 2.22 bits per heavy atom. The number of amides is 1. The summed E-state index contributed by atoms with van der Waals surface area (Å²) in [6.07, 6.45) is 1.75. The smallest absolute Gasteiger partial charge is 0.323 e. The van der Waals surface area contributed by atoms with Gasteiger partial charge < -0.3 is 10.0 Å². The summed E-state index contributed by atoms with van der Waals surface area (Å²) in [5.74, 6) is -1.27. The van der Waals surface area contributed by atoms with E-state index >= 15 is 0 Å². The van der Waals surface area contributed by atoms with Gasteiger partial charge in [0.2, 0.25) is 5.91 Å². The fourth-order valence-electron chi connectivity index (χ4n) is 2.30. The van der Waals surface area contributed by atoms with Gasteiger partial charge in [0.05, 0.1) is 16.6 Å². The molecule has 0 bridgehead atoms. The fourth-order valence-corrected chi connectivity index (χ4v) is 3.36. The monoisotopic (exact) mass is 339 g/mol. The largest absolute Gasteiger partial charge is 0.480 e. The molecule has 2 rings (SSSR count). The first-order valence-electron chi connectivity index (χ1n) is 7.56. The standard InChI is InChI=1S/C16H21NO5S/c1-11(2)23(21,22)14-7-3-12(4-8-14)9-15(18)17(10-16(19)20)13-5-6-13/h3-4,7-8,11,13H,5-6,9-10H2,1-2H3,(H,19,20). The first-order valence-corrected chi connectivity index (χ1v) is 9.10. The molecule has 1 N–H and O–H groups in total. The van der Waals surface area contributed by atoms with E-state index in [4.69, 9.17) is 5.11 Å². The molecule has 0 radical (unpaired) electrons. The van der Waals surface area contributed by atoms with Crippen LogP contribution in [0.25, 0.3) is 0 Å². The van der Waals surface area contributed by atoms with Crippen LogP contribution in [0.15, 0.2) is 29.2 Å². The molecule has 1 saturated carbocycles. The Morgan fingerprint density at radius 2 is 1.78 bits per heavy atom. The molecular formula is C16H21NO5S. The molecule has 1 amide bonds. The summed E-state index contributed by atoms with van der Waals surface area (Å²) in [5.41, 5.74) is 0.675. The maximum atomic E-state index is 12.3. The number of aliphatic carboxylic acids is 1. The molecule has 126 valence electrons. The third-order valence-corrected chi connectivity index (χ3v) is 6.01. The molecule has 1 aliphatic rings. The second-order valence-corrected chi connectivity index (χ2v) is 8.57. The lowest BCUT2D eigenvalue weighted by Crippen LogP contribution is -2.38. The molecule has 0 atom stereocenters. The molecular weight excluding hydrogens is 318 g/mol. The van der Waals surface area contributed by atoms with E-state index in [1.165, 1.54) is 17.0 Å². The molecule has 1 aliphatic carbocycles. The molecule has 0 saturated heterocycles. The first-order chi connectivity index (χ1) is 10.7. The topological polar surface area (TPSA) is 91.8 Å². The number of carbonyl (C=O) groups is 2. The van der Waals surface area contributed by atoms with Gasteiger partial charge in [-0.3, -0.25) is 9.59 Å². The Hall–Kier alpha value is -1.89. The van der Waals surface area contributed by atoms with Crippen LogP contribution >= 0.6 is 0 Å². The van der Waals surface area contributed by atoms with Crippen molar-refractivity contribution in [3.8, 4) is 0 Å². The van der Waals surface area contributed by atoms with Gasteiger partial charge in [0.15, 0.2) is 9.84 Å². The molecule has 1 aromatic rings. The molecule has 23 heavy (non-hydrogen) atoms. The molecule has 1 fully saturated rings. The zero-order chi connectivity index (χ0) is 17.2. The van der Waals surface area contributed by atoms with Crippen molar-refractivity contribution in [3.05, 3.63) is 29.8 Å². The fraction of sp³-hybridized carbons (Fsp3) is 0.500. The van der Waals surface area contributed by atoms with Gasteiger partial charge in [0, 0.05) is 6.04 Å². The third-order valence-electron chi connectivity index (χ3n) is 3.84. The summed E-state index contributed by atoms with van der Waals surface area (Å²) in [6.45, 7) is 2.95. The van der Waals surface area contributed by atoms with E-state index < -0.39 is 21.1 Å². The Morgan fingerprint density at radius 1 is 1.22 bits per heavy atom. The van der Waals surface area contributed by atoms with Crippen molar-refractivity contribution < 1.29 is 23.1 Å². The molecule has 1 aromatic carbocycles. The van der Waals surface area contributed by atoms with E-state index in [0.29, 0.717) is 5.56 Å².